The zero-order valence-corrected chi connectivity index (χ0v) is 10.6. The molecule has 1 aromatic rings. The molecule has 0 aliphatic carbocycles. The highest BCUT2D eigenvalue weighted by Crippen LogP contribution is 2.28. The summed E-state index contributed by atoms with van der Waals surface area (Å²) < 4.78 is 5.09. The molecular formula is C12H20N2OS. The Hall–Kier alpha value is -0.450. The Morgan fingerprint density at radius 2 is 2.56 bits per heavy atom. The van der Waals surface area contributed by atoms with Gasteiger partial charge < -0.3 is 10.2 Å². The van der Waals surface area contributed by atoms with Gasteiger partial charge in [0.2, 0.25) is 0 Å². The number of likely N-dealkylation sites (N-methyl/N-ethyl adjacent to an activating group) is 1. The third-order valence-corrected chi connectivity index (χ3v) is 4.52. The minimum Gasteiger partial charge on any atom is -0.472 e. The number of furan rings is 1. The van der Waals surface area contributed by atoms with Crippen molar-refractivity contribution in [3.63, 3.8) is 0 Å². The molecule has 1 aliphatic heterocycles. The van der Waals surface area contributed by atoms with Gasteiger partial charge in [-0.15, -0.1) is 0 Å². The number of rotatable bonds is 5. The molecule has 0 amide bonds. The van der Waals surface area contributed by atoms with Crippen molar-refractivity contribution in [2.45, 2.75) is 19.0 Å². The van der Waals surface area contributed by atoms with E-state index in [0.717, 1.165) is 19.0 Å². The molecule has 0 radical (unpaired) electrons. The second-order valence-corrected chi connectivity index (χ2v) is 5.62. The van der Waals surface area contributed by atoms with Crippen LogP contribution in [0.2, 0.25) is 0 Å². The monoisotopic (exact) mass is 240 g/mol. The fraction of sp³-hybridized carbons (Fsp3) is 0.667. The minimum absolute atomic E-state index is 0.505. The molecule has 1 fully saturated rings. The van der Waals surface area contributed by atoms with E-state index in [-0.39, 0.29) is 0 Å². The molecule has 2 N–H and O–H groups in total. The molecule has 4 heteroatoms. The van der Waals surface area contributed by atoms with Crippen LogP contribution in [0.5, 0.6) is 0 Å². The molecule has 0 aromatic carbocycles. The molecule has 2 atom stereocenters. The molecule has 0 spiro atoms. The highest BCUT2D eigenvalue weighted by Gasteiger charge is 2.27. The lowest BCUT2D eigenvalue weighted by Gasteiger charge is -2.31. The van der Waals surface area contributed by atoms with Crippen LogP contribution < -0.4 is 5.73 Å². The Kier molecular flexibility index (Phi) is 4.32. The van der Waals surface area contributed by atoms with E-state index in [1.165, 1.54) is 23.5 Å². The van der Waals surface area contributed by atoms with Crippen molar-refractivity contribution in [2.24, 2.45) is 11.7 Å². The first-order chi connectivity index (χ1) is 7.81. The van der Waals surface area contributed by atoms with Gasteiger partial charge >= 0.3 is 0 Å². The first-order valence-corrected chi connectivity index (χ1v) is 6.96. The summed E-state index contributed by atoms with van der Waals surface area (Å²) in [6.45, 7) is 1.68. The summed E-state index contributed by atoms with van der Waals surface area (Å²) in [7, 11) is 2.16. The van der Waals surface area contributed by atoms with E-state index in [9.17, 15) is 0 Å². The van der Waals surface area contributed by atoms with Crippen LogP contribution in [0, 0.1) is 5.92 Å². The topological polar surface area (TPSA) is 42.4 Å². The van der Waals surface area contributed by atoms with Crippen molar-refractivity contribution in [1.82, 2.24) is 4.90 Å². The normalized spacial score (nSPS) is 22.8. The minimum atomic E-state index is 0.505. The second-order valence-electron chi connectivity index (χ2n) is 4.47. The fourth-order valence-corrected chi connectivity index (χ4v) is 3.70. The number of nitrogens with zero attached hydrogens (tertiary/aromatic N) is 1. The summed E-state index contributed by atoms with van der Waals surface area (Å²) in [5, 5.41) is 0. The van der Waals surface area contributed by atoms with Crippen LogP contribution in [-0.4, -0.2) is 36.0 Å². The van der Waals surface area contributed by atoms with Crippen molar-refractivity contribution in [2.75, 3.05) is 25.1 Å². The predicted octanol–water partition coefficient (Wildman–Crippen LogP) is 1.79. The van der Waals surface area contributed by atoms with Crippen LogP contribution >= 0.6 is 11.8 Å². The second kappa shape index (κ2) is 5.75. The van der Waals surface area contributed by atoms with Crippen LogP contribution in [-0.2, 0) is 6.54 Å². The first-order valence-electron chi connectivity index (χ1n) is 5.80. The lowest BCUT2D eigenvalue weighted by molar-refractivity contribution is 0.183. The summed E-state index contributed by atoms with van der Waals surface area (Å²) >= 11 is 2.05. The average molecular weight is 240 g/mol. The Balaban J connectivity index is 1.92. The third kappa shape index (κ3) is 2.81. The maximum atomic E-state index is 5.91. The lowest BCUT2D eigenvalue weighted by Crippen LogP contribution is -2.43. The van der Waals surface area contributed by atoms with Crippen molar-refractivity contribution in [3.05, 3.63) is 24.2 Å². The molecule has 0 saturated carbocycles. The number of thioether (sulfide) groups is 1. The summed E-state index contributed by atoms with van der Waals surface area (Å²) in [4.78, 5) is 2.36. The highest BCUT2D eigenvalue weighted by atomic mass is 32.2. The van der Waals surface area contributed by atoms with Crippen LogP contribution in [0.1, 0.15) is 12.0 Å². The van der Waals surface area contributed by atoms with Crippen LogP contribution in [0.3, 0.4) is 0 Å². The number of nitrogens with two attached hydrogens (primary N) is 1. The lowest BCUT2D eigenvalue weighted by atomic mass is 9.98. The van der Waals surface area contributed by atoms with E-state index in [1.54, 1.807) is 6.26 Å². The maximum absolute atomic E-state index is 5.91. The van der Waals surface area contributed by atoms with E-state index < -0.39 is 0 Å². The first kappa shape index (κ1) is 12.0. The van der Waals surface area contributed by atoms with Gasteiger partial charge in [0.05, 0.1) is 12.5 Å². The standard InChI is InChI=1S/C12H20N2OS/c1-14(7-10-2-4-15-8-10)12(6-13)11-3-5-16-9-11/h2,4,8,11-12H,3,5-7,9,13H2,1H3. The molecule has 3 nitrogen and oxygen atoms in total. The highest BCUT2D eigenvalue weighted by molar-refractivity contribution is 7.99. The molecular weight excluding hydrogens is 220 g/mol. The van der Waals surface area contributed by atoms with Gasteiger partial charge in [-0.3, -0.25) is 4.90 Å². The number of hydrogen-bond donors (Lipinski definition) is 1. The summed E-state index contributed by atoms with van der Waals surface area (Å²) in [5.74, 6) is 3.31. The van der Waals surface area contributed by atoms with Crippen molar-refractivity contribution in [3.8, 4) is 0 Å². The van der Waals surface area contributed by atoms with E-state index in [1.807, 2.05) is 12.3 Å². The van der Waals surface area contributed by atoms with E-state index in [0.29, 0.717) is 6.04 Å². The fourth-order valence-electron chi connectivity index (χ4n) is 2.38. The van der Waals surface area contributed by atoms with Gasteiger partial charge in [-0.25, -0.2) is 0 Å². The quantitative estimate of drug-likeness (QED) is 0.852. The summed E-state index contributed by atoms with van der Waals surface area (Å²) in [6.07, 6.45) is 4.85. The summed E-state index contributed by atoms with van der Waals surface area (Å²) in [6, 6.07) is 2.53. The molecule has 0 bridgehead atoms. The molecule has 1 aliphatic rings. The van der Waals surface area contributed by atoms with Gasteiger partial charge in [0.25, 0.3) is 0 Å². The van der Waals surface area contributed by atoms with Gasteiger partial charge in [0, 0.05) is 24.7 Å². The smallest absolute Gasteiger partial charge is 0.0947 e. The van der Waals surface area contributed by atoms with E-state index in [2.05, 4.69) is 23.7 Å². The molecule has 2 rings (SSSR count). The van der Waals surface area contributed by atoms with Crippen LogP contribution in [0.25, 0.3) is 0 Å². The Morgan fingerprint density at radius 3 is 3.12 bits per heavy atom. The SMILES string of the molecule is CN(Cc1ccoc1)C(CN)C1CCSC1. The molecule has 90 valence electrons. The van der Waals surface area contributed by atoms with E-state index in [4.69, 9.17) is 10.2 Å². The zero-order chi connectivity index (χ0) is 11.4. The van der Waals surface area contributed by atoms with Gasteiger partial charge in [-0.2, -0.15) is 11.8 Å². The van der Waals surface area contributed by atoms with Gasteiger partial charge in [0.15, 0.2) is 0 Å². The molecule has 1 aromatic heterocycles. The molecule has 2 heterocycles. The van der Waals surface area contributed by atoms with Crippen molar-refractivity contribution >= 4 is 11.8 Å². The number of hydrogen-bond acceptors (Lipinski definition) is 4. The van der Waals surface area contributed by atoms with Crippen molar-refractivity contribution in [1.29, 1.82) is 0 Å². The largest absolute Gasteiger partial charge is 0.472 e. The Morgan fingerprint density at radius 1 is 1.69 bits per heavy atom. The van der Waals surface area contributed by atoms with Crippen LogP contribution in [0.15, 0.2) is 23.0 Å². The van der Waals surface area contributed by atoms with Gasteiger partial charge in [-0.1, -0.05) is 0 Å². The maximum Gasteiger partial charge on any atom is 0.0947 e. The molecule has 1 saturated heterocycles. The predicted molar refractivity (Wildman–Crippen MR) is 68.4 cm³/mol. The van der Waals surface area contributed by atoms with E-state index >= 15 is 0 Å². The molecule has 2 unspecified atom stereocenters. The summed E-state index contributed by atoms with van der Waals surface area (Å²) in [5.41, 5.74) is 7.14. The van der Waals surface area contributed by atoms with Crippen molar-refractivity contribution < 1.29 is 4.42 Å². The Bertz CT molecular complexity index is 296. The molecule has 16 heavy (non-hydrogen) atoms. The average Bonchev–Trinajstić information content (AvgIpc) is 2.91. The zero-order valence-electron chi connectivity index (χ0n) is 9.76. The van der Waals surface area contributed by atoms with Crippen LogP contribution in [0.4, 0.5) is 0 Å². The van der Waals surface area contributed by atoms with Gasteiger partial charge in [0.1, 0.15) is 0 Å². The Labute approximate surface area is 101 Å². The van der Waals surface area contributed by atoms with Gasteiger partial charge in [-0.05, 0) is 37.0 Å². The third-order valence-electron chi connectivity index (χ3n) is 3.33.